The summed E-state index contributed by atoms with van der Waals surface area (Å²) in [5.74, 6) is -0.532. The predicted molar refractivity (Wildman–Crippen MR) is 65.6 cm³/mol. The number of nitrogens with zero attached hydrogens (tertiary/aromatic N) is 1. The molecule has 1 aromatic heterocycles. The van der Waals surface area contributed by atoms with Crippen LogP contribution in [0.3, 0.4) is 0 Å². The number of halogens is 1. The number of amides is 1. The van der Waals surface area contributed by atoms with Gasteiger partial charge in [-0.3, -0.25) is 4.79 Å². The fourth-order valence-electron chi connectivity index (χ4n) is 1.53. The van der Waals surface area contributed by atoms with Gasteiger partial charge in [-0.15, -0.1) is 0 Å². The molecule has 0 atom stereocenters. The number of hydrogen-bond donors (Lipinski definition) is 1. The van der Waals surface area contributed by atoms with E-state index < -0.39 is 5.91 Å². The molecule has 0 aliphatic rings. The Labute approximate surface area is 101 Å². The van der Waals surface area contributed by atoms with E-state index in [1.807, 2.05) is 6.07 Å². The zero-order valence-electron chi connectivity index (χ0n) is 9.50. The van der Waals surface area contributed by atoms with E-state index in [4.69, 9.17) is 17.3 Å². The molecule has 1 heterocycles. The fourth-order valence-corrected chi connectivity index (χ4v) is 1.79. The molecule has 0 fully saturated rings. The van der Waals surface area contributed by atoms with Gasteiger partial charge in [0, 0.05) is 5.69 Å². The first-order chi connectivity index (χ1) is 7.65. The van der Waals surface area contributed by atoms with Crippen LogP contribution in [0.15, 0.2) is 12.1 Å². The molecule has 0 aliphatic carbocycles. The minimum atomic E-state index is -0.532. The zero-order chi connectivity index (χ0) is 12.0. The smallest absolute Gasteiger partial charge is 0.251 e. The van der Waals surface area contributed by atoms with Crippen molar-refractivity contribution in [1.29, 1.82) is 0 Å². The number of nitrogens with two attached hydrogens (primary N) is 1. The molecule has 1 amide bonds. The first-order valence-electron chi connectivity index (χ1n) is 5.60. The summed E-state index contributed by atoms with van der Waals surface area (Å²) < 4.78 is 0. The van der Waals surface area contributed by atoms with Gasteiger partial charge in [0.1, 0.15) is 5.15 Å². The second-order valence-electron chi connectivity index (χ2n) is 3.82. The van der Waals surface area contributed by atoms with Crippen LogP contribution in [0.25, 0.3) is 0 Å². The highest BCUT2D eigenvalue weighted by Gasteiger charge is 2.08. The summed E-state index contributed by atoms with van der Waals surface area (Å²) >= 11 is 5.85. The topological polar surface area (TPSA) is 56.0 Å². The highest BCUT2D eigenvalue weighted by molar-refractivity contribution is 6.32. The maximum absolute atomic E-state index is 10.9. The first kappa shape index (κ1) is 13.0. The largest absolute Gasteiger partial charge is 0.366 e. The van der Waals surface area contributed by atoms with E-state index in [1.165, 1.54) is 19.3 Å². The summed E-state index contributed by atoms with van der Waals surface area (Å²) in [7, 11) is 0. The Morgan fingerprint density at radius 3 is 2.69 bits per heavy atom. The van der Waals surface area contributed by atoms with Gasteiger partial charge in [-0.2, -0.15) is 0 Å². The van der Waals surface area contributed by atoms with Crippen molar-refractivity contribution in [2.75, 3.05) is 0 Å². The molecule has 0 unspecified atom stereocenters. The molecule has 0 saturated heterocycles. The summed E-state index contributed by atoms with van der Waals surface area (Å²) in [6.45, 7) is 2.18. The van der Waals surface area contributed by atoms with Crippen LogP contribution in [-0.4, -0.2) is 10.9 Å². The highest BCUT2D eigenvalue weighted by Crippen LogP contribution is 2.14. The van der Waals surface area contributed by atoms with Crippen molar-refractivity contribution >= 4 is 17.5 Å². The summed E-state index contributed by atoms with van der Waals surface area (Å²) in [6, 6.07) is 3.46. The molecule has 1 aromatic rings. The molecule has 0 bridgehead atoms. The highest BCUT2D eigenvalue weighted by atomic mass is 35.5. The van der Waals surface area contributed by atoms with Gasteiger partial charge in [0.15, 0.2) is 0 Å². The molecule has 88 valence electrons. The average molecular weight is 241 g/mol. The molecule has 0 saturated carbocycles. The van der Waals surface area contributed by atoms with E-state index in [-0.39, 0.29) is 5.15 Å². The number of rotatable bonds is 6. The lowest BCUT2D eigenvalue weighted by Crippen LogP contribution is -2.12. The Kier molecular flexibility index (Phi) is 5.26. The maximum atomic E-state index is 10.9. The van der Waals surface area contributed by atoms with E-state index in [0.717, 1.165) is 18.5 Å². The maximum Gasteiger partial charge on any atom is 0.251 e. The molecule has 0 aliphatic heterocycles. The monoisotopic (exact) mass is 240 g/mol. The van der Waals surface area contributed by atoms with Crippen LogP contribution >= 0.6 is 11.6 Å². The molecular weight excluding hydrogens is 224 g/mol. The summed E-state index contributed by atoms with van der Waals surface area (Å²) in [5, 5.41) is 0.209. The molecule has 3 nitrogen and oxygen atoms in total. The number of aryl methyl sites for hydroxylation is 1. The molecule has 0 radical (unpaired) electrons. The van der Waals surface area contributed by atoms with Crippen molar-refractivity contribution in [3.8, 4) is 0 Å². The van der Waals surface area contributed by atoms with Crippen LogP contribution in [-0.2, 0) is 6.42 Å². The zero-order valence-corrected chi connectivity index (χ0v) is 10.3. The fraction of sp³-hybridized carbons (Fsp3) is 0.500. The van der Waals surface area contributed by atoms with Gasteiger partial charge in [-0.05, 0) is 25.0 Å². The number of aromatic nitrogens is 1. The normalized spacial score (nSPS) is 10.4. The Hall–Kier alpha value is -1.09. The van der Waals surface area contributed by atoms with Crippen molar-refractivity contribution in [2.24, 2.45) is 5.73 Å². The Morgan fingerprint density at radius 1 is 1.38 bits per heavy atom. The Bertz CT molecular complexity index is 366. The summed E-state index contributed by atoms with van der Waals surface area (Å²) in [6.07, 6.45) is 5.67. The van der Waals surface area contributed by atoms with Crippen molar-refractivity contribution in [1.82, 2.24) is 4.98 Å². The van der Waals surface area contributed by atoms with Gasteiger partial charge in [0.2, 0.25) is 0 Å². The molecule has 4 heteroatoms. The van der Waals surface area contributed by atoms with Crippen LogP contribution in [0.2, 0.25) is 5.15 Å². The van der Waals surface area contributed by atoms with Gasteiger partial charge in [0.05, 0.1) is 5.56 Å². The summed E-state index contributed by atoms with van der Waals surface area (Å²) in [5.41, 5.74) is 6.35. The van der Waals surface area contributed by atoms with E-state index in [1.54, 1.807) is 6.07 Å². The SMILES string of the molecule is CCCCCCc1ccc(C(N)=O)c(Cl)n1. The van der Waals surface area contributed by atoms with Crippen LogP contribution in [0.1, 0.15) is 48.7 Å². The quantitative estimate of drug-likeness (QED) is 0.614. The van der Waals surface area contributed by atoms with Crippen LogP contribution in [0, 0.1) is 0 Å². The summed E-state index contributed by atoms with van der Waals surface area (Å²) in [4.78, 5) is 15.1. The molecular formula is C12H17ClN2O. The van der Waals surface area contributed by atoms with Crippen LogP contribution < -0.4 is 5.73 Å². The van der Waals surface area contributed by atoms with E-state index >= 15 is 0 Å². The van der Waals surface area contributed by atoms with E-state index in [9.17, 15) is 4.79 Å². The van der Waals surface area contributed by atoms with Crippen LogP contribution in [0.5, 0.6) is 0 Å². The third-order valence-corrected chi connectivity index (χ3v) is 2.75. The third-order valence-electron chi connectivity index (χ3n) is 2.46. The van der Waals surface area contributed by atoms with Crippen molar-refractivity contribution in [2.45, 2.75) is 39.0 Å². The average Bonchev–Trinajstić information content (AvgIpc) is 2.24. The second-order valence-corrected chi connectivity index (χ2v) is 4.17. The lowest BCUT2D eigenvalue weighted by atomic mass is 10.1. The van der Waals surface area contributed by atoms with Crippen molar-refractivity contribution in [3.05, 3.63) is 28.5 Å². The van der Waals surface area contributed by atoms with Gasteiger partial charge in [-0.1, -0.05) is 37.8 Å². The first-order valence-corrected chi connectivity index (χ1v) is 5.98. The molecule has 2 N–H and O–H groups in total. The molecule has 16 heavy (non-hydrogen) atoms. The van der Waals surface area contributed by atoms with Gasteiger partial charge in [-0.25, -0.2) is 4.98 Å². The van der Waals surface area contributed by atoms with Crippen molar-refractivity contribution < 1.29 is 4.79 Å². The minimum Gasteiger partial charge on any atom is -0.366 e. The lowest BCUT2D eigenvalue weighted by molar-refractivity contribution is 0.1000. The second kappa shape index (κ2) is 6.48. The molecule has 0 spiro atoms. The predicted octanol–water partition coefficient (Wildman–Crippen LogP) is 2.96. The van der Waals surface area contributed by atoms with Crippen LogP contribution in [0.4, 0.5) is 0 Å². The third kappa shape index (κ3) is 3.81. The Morgan fingerprint density at radius 2 is 2.12 bits per heavy atom. The minimum absolute atomic E-state index is 0.209. The van der Waals surface area contributed by atoms with Gasteiger partial charge >= 0.3 is 0 Å². The number of primary amides is 1. The lowest BCUT2D eigenvalue weighted by Gasteiger charge is -2.03. The van der Waals surface area contributed by atoms with Gasteiger partial charge in [0.25, 0.3) is 5.91 Å². The van der Waals surface area contributed by atoms with Crippen molar-refractivity contribution in [3.63, 3.8) is 0 Å². The van der Waals surface area contributed by atoms with E-state index in [0.29, 0.717) is 5.56 Å². The number of carbonyl (C=O) groups is 1. The standard InChI is InChI=1S/C12H17ClN2O/c1-2-3-4-5-6-9-7-8-10(12(14)16)11(13)15-9/h7-8H,2-6H2,1H3,(H2,14,16). The number of carbonyl (C=O) groups excluding carboxylic acids is 1. The molecule has 1 rings (SSSR count). The number of pyridine rings is 1. The number of unbranched alkanes of at least 4 members (excludes halogenated alkanes) is 3. The van der Waals surface area contributed by atoms with E-state index in [2.05, 4.69) is 11.9 Å². The number of hydrogen-bond acceptors (Lipinski definition) is 2. The molecule has 0 aromatic carbocycles. The van der Waals surface area contributed by atoms with Gasteiger partial charge < -0.3 is 5.73 Å². The Balaban J connectivity index is 2.56.